The minimum atomic E-state index is -0.193. The Kier molecular flexibility index (Phi) is 3.30. The molecule has 1 saturated carbocycles. The maximum absolute atomic E-state index is 9.39. The summed E-state index contributed by atoms with van der Waals surface area (Å²) < 4.78 is 0. The van der Waals surface area contributed by atoms with Crippen LogP contribution in [0.5, 0.6) is 0 Å². The third-order valence-electron chi connectivity index (χ3n) is 3.24. The van der Waals surface area contributed by atoms with Crippen molar-refractivity contribution < 1.29 is 5.11 Å². The molecule has 0 aromatic carbocycles. The predicted molar refractivity (Wildman–Crippen MR) is 63.7 cm³/mol. The molecule has 16 heavy (non-hydrogen) atoms. The number of rotatable bonds is 4. The standard InChI is InChI=1S/C11H16ClN3O/c1-2-8-9(12)13-7-14-10(8)15-11(6-16)4-3-5-11/h7,16H,2-6H2,1H3,(H,13,14,15). The highest BCUT2D eigenvalue weighted by Crippen LogP contribution is 2.35. The molecular weight excluding hydrogens is 226 g/mol. The van der Waals surface area contributed by atoms with E-state index in [1.807, 2.05) is 6.92 Å². The number of hydrogen-bond donors (Lipinski definition) is 2. The van der Waals surface area contributed by atoms with E-state index in [4.69, 9.17) is 11.6 Å². The van der Waals surface area contributed by atoms with Crippen LogP contribution >= 0.6 is 11.6 Å². The van der Waals surface area contributed by atoms with Crippen LogP contribution in [0.25, 0.3) is 0 Å². The van der Waals surface area contributed by atoms with Crippen molar-refractivity contribution in [1.82, 2.24) is 9.97 Å². The third kappa shape index (κ3) is 1.99. The van der Waals surface area contributed by atoms with Gasteiger partial charge in [0.15, 0.2) is 0 Å². The van der Waals surface area contributed by atoms with Gasteiger partial charge in [-0.15, -0.1) is 0 Å². The molecule has 2 N–H and O–H groups in total. The Hall–Kier alpha value is -0.870. The van der Waals surface area contributed by atoms with Crippen molar-refractivity contribution in [3.8, 4) is 0 Å². The Balaban J connectivity index is 2.23. The summed E-state index contributed by atoms with van der Waals surface area (Å²) in [7, 11) is 0. The highest BCUT2D eigenvalue weighted by Gasteiger charge is 2.37. The van der Waals surface area contributed by atoms with E-state index < -0.39 is 0 Å². The van der Waals surface area contributed by atoms with Gasteiger partial charge in [-0.25, -0.2) is 9.97 Å². The van der Waals surface area contributed by atoms with Crippen LogP contribution in [0, 0.1) is 0 Å². The van der Waals surface area contributed by atoms with E-state index in [1.54, 1.807) is 0 Å². The topological polar surface area (TPSA) is 58.0 Å². The Labute approximate surface area is 100 Å². The molecule has 0 aliphatic heterocycles. The van der Waals surface area contributed by atoms with Gasteiger partial charge in [-0.05, 0) is 25.7 Å². The average Bonchev–Trinajstić information content (AvgIpc) is 2.23. The van der Waals surface area contributed by atoms with E-state index in [0.717, 1.165) is 37.1 Å². The maximum atomic E-state index is 9.39. The van der Waals surface area contributed by atoms with Gasteiger partial charge < -0.3 is 10.4 Å². The van der Waals surface area contributed by atoms with Gasteiger partial charge in [0, 0.05) is 5.56 Å². The van der Waals surface area contributed by atoms with Crippen LogP contribution in [0.15, 0.2) is 6.33 Å². The molecule has 1 aliphatic carbocycles. The van der Waals surface area contributed by atoms with Gasteiger partial charge in [0.25, 0.3) is 0 Å². The number of aromatic nitrogens is 2. The molecule has 88 valence electrons. The fourth-order valence-electron chi connectivity index (χ4n) is 1.99. The van der Waals surface area contributed by atoms with Crippen LogP contribution in [-0.4, -0.2) is 27.2 Å². The fourth-order valence-corrected chi connectivity index (χ4v) is 2.26. The van der Waals surface area contributed by atoms with Crippen LogP contribution in [0.4, 0.5) is 5.82 Å². The second-order valence-corrected chi connectivity index (χ2v) is 4.62. The van der Waals surface area contributed by atoms with Gasteiger partial charge in [-0.2, -0.15) is 0 Å². The Bertz CT molecular complexity index is 374. The lowest BCUT2D eigenvalue weighted by molar-refractivity contribution is 0.143. The predicted octanol–water partition coefficient (Wildman–Crippen LogP) is 2.02. The van der Waals surface area contributed by atoms with Gasteiger partial charge in [0.05, 0.1) is 12.1 Å². The molecule has 0 saturated heterocycles. The van der Waals surface area contributed by atoms with Crippen LogP contribution in [0.3, 0.4) is 0 Å². The first kappa shape index (κ1) is 11.6. The molecule has 1 aromatic heterocycles. The van der Waals surface area contributed by atoms with E-state index >= 15 is 0 Å². The molecule has 0 radical (unpaired) electrons. The maximum Gasteiger partial charge on any atom is 0.137 e. The van der Waals surface area contributed by atoms with Crippen molar-refractivity contribution in [2.45, 2.75) is 38.1 Å². The number of halogens is 1. The molecule has 4 nitrogen and oxygen atoms in total. The van der Waals surface area contributed by atoms with Gasteiger partial charge in [-0.3, -0.25) is 0 Å². The van der Waals surface area contributed by atoms with Crippen LogP contribution in [0.2, 0.25) is 5.15 Å². The lowest BCUT2D eigenvalue weighted by Gasteiger charge is -2.41. The number of aliphatic hydroxyl groups is 1. The second kappa shape index (κ2) is 4.55. The summed E-state index contributed by atoms with van der Waals surface area (Å²) in [5, 5.41) is 13.2. The molecule has 0 amide bonds. The number of anilines is 1. The molecule has 1 fully saturated rings. The molecule has 0 atom stereocenters. The van der Waals surface area contributed by atoms with Gasteiger partial charge in [0.2, 0.25) is 0 Å². The molecule has 1 heterocycles. The highest BCUT2D eigenvalue weighted by molar-refractivity contribution is 6.30. The summed E-state index contributed by atoms with van der Waals surface area (Å²) in [4.78, 5) is 8.17. The first-order valence-electron chi connectivity index (χ1n) is 5.59. The lowest BCUT2D eigenvalue weighted by atomic mass is 9.77. The number of aliphatic hydroxyl groups excluding tert-OH is 1. The highest BCUT2D eigenvalue weighted by atomic mass is 35.5. The van der Waals surface area contributed by atoms with Crippen LogP contribution in [0.1, 0.15) is 31.7 Å². The summed E-state index contributed by atoms with van der Waals surface area (Å²) in [5.74, 6) is 0.760. The van der Waals surface area contributed by atoms with E-state index in [1.165, 1.54) is 6.33 Å². The van der Waals surface area contributed by atoms with Crippen LogP contribution < -0.4 is 5.32 Å². The van der Waals surface area contributed by atoms with Crippen molar-refractivity contribution in [2.75, 3.05) is 11.9 Å². The normalized spacial score (nSPS) is 17.9. The third-order valence-corrected chi connectivity index (χ3v) is 3.57. The molecule has 1 aliphatic rings. The Morgan fingerprint density at radius 3 is 2.75 bits per heavy atom. The Morgan fingerprint density at radius 1 is 1.50 bits per heavy atom. The molecular formula is C11H16ClN3O. The van der Waals surface area contributed by atoms with Crippen LogP contribution in [-0.2, 0) is 6.42 Å². The molecule has 1 aromatic rings. The quantitative estimate of drug-likeness (QED) is 0.792. The van der Waals surface area contributed by atoms with Gasteiger partial charge in [-0.1, -0.05) is 18.5 Å². The molecule has 5 heteroatoms. The smallest absolute Gasteiger partial charge is 0.137 e. The van der Waals surface area contributed by atoms with Gasteiger partial charge >= 0.3 is 0 Å². The van der Waals surface area contributed by atoms with E-state index in [9.17, 15) is 5.11 Å². The number of nitrogens with one attached hydrogen (secondary N) is 1. The lowest BCUT2D eigenvalue weighted by Crippen LogP contribution is -2.48. The number of hydrogen-bond acceptors (Lipinski definition) is 4. The van der Waals surface area contributed by atoms with Crippen molar-refractivity contribution in [1.29, 1.82) is 0 Å². The monoisotopic (exact) mass is 241 g/mol. The van der Waals surface area contributed by atoms with Gasteiger partial charge in [0.1, 0.15) is 17.3 Å². The Morgan fingerprint density at radius 2 is 2.25 bits per heavy atom. The zero-order chi connectivity index (χ0) is 11.6. The fraction of sp³-hybridized carbons (Fsp3) is 0.636. The summed E-state index contributed by atoms with van der Waals surface area (Å²) in [6.45, 7) is 2.15. The summed E-state index contributed by atoms with van der Waals surface area (Å²) in [5.41, 5.74) is 0.727. The first-order valence-corrected chi connectivity index (χ1v) is 5.97. The van der Waals surface area contributed by atoms with Crippen molar-refractivity contribution in [2.24, 2.45) is 0 Å². The summed E-state index contributed by atoms with van der Waals surface area (Å²) >= 11 is 6.01. The number of nitrogens with zero attached hydrogens (tertiary/aromatic N) is 2. The van der Waals surface area contributed by atoms with Crippen molar-refractivity contribution in [3.05, 3.63) is 17.0 Å². The largest absolute Gasteiger partial charge is 0.394 e. The SMILES string of the molecule is CCc1c(Cl)ncnc1NC1(CO)CCC1. The molecule has 0 unspecified atom stereocenters. The van der Waals surface area contributed by atoms with E-state index in [2.05, 4.69) is 15.3 Å². The molecule has 0 spiro atoms. The average molecular weight is 242 g/mol. The minimum absolute atomic E-state index is 0.137. The van der Waals surface area contributed by atoms with Crippen molar-refractivity contribution in [3.63, 3.8) is 0 Å². The minimum Gasteiger partial charge on any atom is -0.394 e. The van der Waals surface area contributed by atoms with E-state index in [-0.39, 0.29) is 12.1 Å². The molecule has 2 rings (SSSR count). The first-order chi connectivity index (χ1) is 7.71. The second-order valence-electron chi connectivity index (χ2n) is 4.26. The van der Waals surface area contributed by atoms with E-state index in [0.29, 0.717) is 5.15 Å². The molecule has 0 bridgehead atoms. The zero-order valence-electron chi connectivity index (χ0n) is 9.33. The zero-order valence-corrected chi connectivity index (χ0v) is 10.1. The summed E-state index contributed by atoms with van der Waals surface area (Å²) in [6, 6.07) is 0. The van der Waals surface area contributed by atoms with Crippen molar-refractivity contribution >= 4 is 17.4 Å². The summed E-state index contributed by atoms with van der Waals surface area (Å²) in [6.07, 6.45) is 5.34.